The molecule has 0 aliphatic carbocycles. The summed E-state index contributed by atoms with van der Waals surface area (Å²) in [5.74, 6) is -0.548. The average Bonchev–Trinajstić information content (AvgIpc) is 2.22. The number of hydrogen-bond donors (Lipinski definition) is 2. The molecule has 0 fully saturated rings. The molecule has 3 nitrogen and oxygen atoms in total. The Hall–Kier alpha value is -0.940. The van der Waals surface area contributed by atoms with E-state index in [0.717, 1.165) is 6.07 Å². The molecule has 0 bridgehead atoms. The Balaban J connectivity index is 2.65. The predicted molar refractivity (Wildman–Crippen MR) is 76.5 cm³/mol. The van der Waals surface area contributed by atoms with E-state index in [-0.39, 0.29) is 12.1 Å². The van der Waals surface area contributed by atoms with Gasteiger partial charge in [0.15, 0.2) is 0 Å². The van der Waals surface area contributed by atoms with Crippen molar-refractivity contribution < 1.29 is 14.3 Å². The van der Waals surface area contributed by atoms with Crippen LogP contribution in [0.4, 0.5) is 4.39 Å². The molecule has 1 amide bonds. The van der Waals surface area contributed by atoms with Crippen LogP contribution >= 0.6 is 15.9 Å². The molecule has 0 heterocycles. The van der Waals surface area contributed by atoms with E-state index in [9.17, 15) is 14.3 Å². The first-order valence-corrected chi connectivity index (χ1v) is 6.95. The molecular formula is C14H19BrFNO2. The van der Waals surface area contributed by atoms with Gasteiger partial charge in [-0.15, -0.1) is 0 Å². The Morgan fingerprint density at radius 2 is 2.11 bits per heavy atom. The minimum atomic E-state index is -0.964. The van der Waals surface area contributed by atoms with Gasteiger partial charge in [0.05, 0.1) is 5.60 Å². The highest BCUT2D eigenvalue weighted by Gasteiger charge is 2.22. The third kappa shape index (κ3) is 5.70. The van der Waals surface area contributed by atoms with Crippen LogP contribution in [0.25, 0.3) is 0 Å². The molecule has 5 heteroatoms. The van der Waals surface area contributed by atoms with Gasteiger partial charge >= 0.3 is 0 Å². The Bertz CT molecular complexity index is 441. The molecule has 0 aliphatic rings. The highest BCUT2D eigenvalue weighted by Crippen LogP contribution is 2.17. The molecule has 19 heavy (non-hydrogen) atoms. The number of rotatable bonds is 5. The Morgan fingerprint density at radius 1 is 1.47 bits per heavy atom. The van der Waals surface area contributed by atoms with Gasteiger partial charge in [0.2, 0.25) is 0 Å². The van der Waals surface area contributed by atoms with Crippen molar-refractivity contribution in [2.45, 2.75) is 32.8 Å². The SMILES string of the molecule is CC(C)CC(C)(O)CNC(=O)c1cc(F)cc(Br)c1. The van der Waals surface area contributed by atoms with Crippen LogP contribution in [-0.2, 0) is 0 Å². The summed E-state index contributed by atoms with van der Waals surface area (Å²) >= 11 is 3.14. The van der Waals surface area contributed by atoms with Crippen LogP contribution in [0, 0.1) is 11.7 Å². The number of halogens is 2. The van der Waals surface area contributed by atoms with Crippen LogP contribution in [0.1, 0.15) is 37.6 Å². The second-order valence-electron chi connectivity index (χ2n) is 5.44. The quantitative estimate of drug-likeness (QED) is 0.870. The van der Waals surface area contributed by atoms with Crippen LogP contribution in [0.3, 0.4) is 0 Å². The van der Waals surface area contributed by atoms with Gasteiger partial charge in [0, 0.05) is 16.6 Å². The fourth-order valence-electron chi connectivity index (χ4n) is 2.01. The first-order chi connectivity index (χ1) is 8.69. The predicted octanol–water partition coefficient (Wildman–Crippen LogP) is 3.12. The summed E-state index contributed by atoms with van der Waals surface area (Å²) in [4.78, 5) is 11.9. The van der Waals surface area contributed by atoms with E-state index in [4.69, 9.17) is 0 Å². The van der Waals surface area contributed by atoms with Gasteiger partial charge in [-0.3, -0.25) is 4.79 Å². The molecule has 1 atom stereocenters. The zero-order valence-corrected chi connectivity index (χ0v) is 12.9. The molecule has 0 spiro atoms. The molecule has 1 aromatic rings. The highest BCUT2D eigenvalue weighted by atomic mass is 79.9. The van der Waals surface area contributed by atoms with Crippen LogP contribution in [0.2, 0.25) is 0 Å². The van der Waals surface area contributed by atoms with Crippen molar-refractivity contribution in [1.82, 2.24) is 5.32 Å². The van der Waals surface area contributed by atoms with Gasteiger partial charge < -0.3 is 10.4 Å². The molecule has 0 aliphatic heterocycles. The lowest BCUT2D eigenvalue weighted by Gasteiger charge is -2.25. The minimum Gasteiger partial charge on any atom is -0.388 e. The average molecular weight is 332 g/mol. The second-order valence-corrected chi connectivity index (χ2v) is 6.35. The number of hydrogen-bond acceptors (Lipinski definition) is 2. The molecule has 1 unspecified atom stereocenters. The number of carbonyl (C=O) groups is 1. The summed E-state index contributed by atoms with van der Waals surface area (Å²) in [5, 5.41) is 12.7. The molecule has 0 saturated heterocycles. The Morgan fingerprint density at radius 3 is 2.63 bits per heavy atom. The Labute approximate surface area is 121 Å². The summed E-state index contributed by atoms with van der Waals surface area (Å²) in [6, 6.07) is 3.98. The largest absolute Gasteiger partial charge is 0.388 e. The summed E-state index contributed by atoms with van der Waals surface area (Å²) in [6.07, 6.45) is 0.583. The van der Waals surface area contributed by atoms with Crippen molar-refractivity contribution in [3.8, 4) is 0 Å². The molecule has 0 radical (unpaired) electrons. The van der Waals surface area contributed by atoms with Crippen LogP contribution in [0.15, 0.2) is 22.7 Å². The maximum absolute atomic E-state index is 13.2. The smallest absolute Gasteiger partial charge is 0.251 e. The molecule has 2 N–H and O–H groups in total. The molecule has 106 valence electrons. The number of aliphatic hydroxyl groups is 1. The zero-order chi connectivity index (χ0) is 14.6. The molecule has 0 aromatic heterocycles. The van der Waals surface area contributed by atoms with Crippen molar-refractivity contribution in [2.24, 2.45) is 5.92 Å². The van der Waals surface area contributed by atoms with Gasteiger partial charge in [-0.2, -0.15) is 0 Å². The van der Waals surface area contributed by atoms with E-state index in [1.807, 2.05) is 13.8 Å². The monoisotopic (exact) mass is 331 g/mol. The fraction of sp³-hybridized carbons (Fsp3) is 0.500. The third-order valence-corrected chi connectivity index (χ3v) is 3.06. The van der Waals surface area contributed by atoms with Gasteiger partial charge in [-0.25, -0.2) is 4.39 Å². The molecule has 0 saturated carbocycles. The van der Waals surface area contributed by atoms with Gasteiger partial charge in [0.25, 0.3) is 5.91 Å². The van der Waals surface area contributed by atoms with Crippen molar-refractivity contribution in [3.63, 3.8) is 0 Å². The maximum Gasteiger partial charge on any atom is 0.251 e. The van der Waals surface area contributed by atoms with Crippen LogP contribution < -0.4 is 5.32 Å². The molecule has 1 aromatic carbocycles. The summed E-state index contributed by atoms with van der Waals surface area (Å²) < 4.78 is 13.7. The van der Waals surface area contributed by atoms with Crippen molar-refractivity contribution in [1.29, 1.82) is 0 Å². The lowest BCUT2D eigenvalue weighted by atomic mass is 9.94. The minimum absolute atomic E-state index is 0.137. The lowest BCUT2D eigenvalue weighted by molar-refractivity contribution is 0.0368. The fourth-order valence-corrected chi connectivity index (χ4v) is 2.47. The maximum atomic E-state index is 13.2. The Kier molecular flexibility index (Phi) is 5.50. The number of carbonyl (C=O) groups excluding carboxylic acids is 1. The summed E-state index contributed by atoms with van der Waals surface area (Å²) in [7, 11) is 0. The second kappa shape index (κ2) is 6.48. The van der Waals surface area contributed by atoms with Gasteiger partial charge in [-0.1, -0.05) is 29.8 Å². The van der Waals surface area contributed by atoms with E-state index in [1.165, 1.54) is 12.1 Å². The van der Waals surface area contributed by atoms with Crippen LogP contribution in [0.5, 0.6) is 0 Å². The lowest BCUT2D eigenvalue weighted by Crippen LogP contribution is -2.41. The zero-order valence-electron chi connectivity index (χ0n) is 11.3. The number of amides is 1. The van der Waals surface area contributed by atoms with E-state index in [2.05, 4.69) is 21.2 Å². The summed E-state index contributed by atoms with van der Waals surface area (Å²) in [5.41, 5.74) is -0.735. The number of benzene rings is 1. The van der Waals surface area contributed by atoms with Crippen molar-refractivity contribution in [3.05, 3.63) is 34.1 Å². The van der Waals surface area contributed by atoms with E-state index in [1.54, 1.807) is 6.92 Å². The molecular weight excluding hydrogens is 313 g/mol. The van der Waals surface area contributed by atoms with E-state index < -0.39 is 17.3 Å². The molecule has 1 rings (SSSR count). The normalized spacial score (nSPS) is 14.3. The first-order valence-electron chi connectivity index (χ1n) is 6.16. The summed E-state index contributed by atoms with van der Waals surface area (Å²) in [6.45, 7) is 5.81. The van der Waals surface area contributed by atoms with Gasteiger partial charge in [0.1, 0.15) is 5.82 Å². The third-order valence-electron chi connectivity index (χ3n) is 2.60. The number of nitrogens with one attached hydrogen (secondary N) is 1. The van der Waals surface area contributed by atoms with Crippen molar-refractivity contribution in [2.75, 3.05) is 6.54 Å². The van der Waals surface area contributed by atoms with E-state index >= 15 is 0 Å². The van der Waals surface area contributed by atoms with Crippen molar-refractivity contribution >= 4 is 21.8 Å². The highest BCUT2D eigenvalue weighted by molar-refractivity contribution is 9.10. The van der Waals surface area contributed by atoms with Crippen LogP contribution in [-0.4, -0.2) is 23.2 Å². The topological polar surface area (TPSA) is 49.3 Å². The standard InChI is InChI=1S/C14H19BrFNO2/c1-9(2)7-14(3,19)8-17-13(18)10-4-11(15)6-12(16)5-10/h4-6,9,19H,7-8H2,1-3H3,(H,17,18). The first kappa shape index (κ1) is 16.1. The van der Waals surface area contributed by atoms with Gasteiger partial charge in [-0.05, 0) is 37.5 Å². The van der Waals surface area contributed by atoms with E-state index in [0.29, 0.717) is 16.8 Å².